The Kier molecular flexibility index (Phi) is 3.62. The van der Waals surface area contributed by atoms with E-state index in [-0.39, 0.29) is 12.3 Å². The molecule has 2 N–H and O–H groups in total. The van der Waals surface area contributed by atoms with Gasteiger partial charge in [-0.3, -0.25) is 0 Å². The molecule has 0 aliphatic carbocycles. The molecule has 0 amide bonds. The van der Waals surface area contributed by atoms with Crippen molar-refractivity contribution in [2.24, 2.45) is 0 Å². The van der Waals surface area contributed by atoms with Crippen LogP contribution in [-0.2, 0) is 6.54 Å². The number of carboxylic acids is 1. The van der Waals surface area contributed by atoms with Crippen molar-refractivity contribution in [3.8, 4) is 0 Å². The van der Waals surface area contributed by atoms with Crippen LogP contribution in [0.15, 0.2) is 18.2 Å². The predicted molar refractivity (Wildman–Crippen MR) is 74.8 cm³/mol. The second kappa shape index (κ2) is 5.05. The average Bonchev–Trinajstić information content (AvgIpc) is 2.63. The molecule has 19 heavy (non-hydrogen) atoms. The van der Waals surface area contributed by atoms with Gasteiger partial charge in [-0.05, 0) is 36.1 Å². The molecule has 0 unspecified atom stereocenters. The number of hydrogen-bond donors (Lipinski definition) is 2. The van der Waals surface area contributed by atoms with Crippen LogP contribution >= 0.6 is 0 Å². The van der Waals surface area contributed by atoms with Crippen LogP contribution in [0.1, 0.15) is 41.4 Å². The normalized spacial score (nSPS) is 11.4. The lowest BCUT2D eigenvalue weighted by molar-refractivity contribution is 0.0683. The van der Waals surface area contributed by atoms with E-state index in [9.17, 15) is 9.90 Å². The minimum atomic E-state index is -0.951. The monoisotopic (exact) mass is 261 g/mol. The van der Waals surface area contributed by atoms with Crippen LogP contribution in [-0.4, -0.2) is 27.4 Å². The lowest BCUT2D eigenvalue weighted by Gasteiger charge is -2.08. The first-order valence-electron chi connectivity index (χ1n) is 6.44. The molecule has 0 bridgehead atoms. The highest BCUT2D eigenvalue weighted by atomic mass is 16.4. The topological polar surface area (TPSA) is 62.5 Å². The lowest BCUT2D eigenvalue weighted by Crippen LogP contribution is -2.11. The van der Waals surface area contributed by atoms with Crippen molar-refractivity contribution in [3.63, 3.8) is 0 Å². The first-order chi connectivity index (χ1) is 8.97. The average molecular weight is 261 g/mol. The van der Waals surface area contributed by atoms with E-state index in [0.717, 1.165) is 16.5 Å². The maximum Gasteiger partial charge on any atom is 0.352 e. The third-order valence-corrected chi connectivity index (χ3v) is 3.53. The Balaban J connectivity index is 2.76. The van der Waals surface area contributed by atoms with Gasteiger partial charge in [0, 0.05) is 17.4 Å². The fraction of sp³-hybridized carbons (Fsp3) is 0.400. The standard InChI is InChI=1S/C15H19NO3/c1-9(2)11-4-5-13-12(8-11)10(3)14(15(18)19)16(13)6-7-17/h4-5,8-9,17H,6-7H2,1-3H3,(H,18,19). The summed E-state index contributed by atoms with van der Waals surface area (Å²) in [7, 11) is 0. The molecule has 0 aliphatic rings. The van der Waals surface area contributed by atoms with Crippen LogP contribution in [0.3, 0.4) is 0 Å². The minimum absolute atomic E-state index is 0.0740. The number of carbonyl (C=O) groups is 1. The van der Waals surface area contributed by atoms with Gasteiger partial charge in [-0.25, -0.2) is 4.79 Å². The highest BCUT2D eigenvalue weighted by Gasteiger charge is 2.19. The Morgan fingerprint density at radius 2 is 2.05 bits per heavy atom. The van der Waals surface area contributed by atoms with Crippen LogP contribution in [0.5, 0.6) is 0 Å². The Labute approximate surface area is 112 Å². The van der Waals surface area contributed by atoms with Gasteiger partial charge < -0.3 is 14.8 Å². The summed E-state index contributed by atoms with van der Waals surface area (Å²) in [6.45, 7) is 6.27. The van der Waals surface area contributed by atoms with Gasteiger partial charge >= 0.3 is 5.97 Å². The van der Waals surface area contributed by atoms with Crippen LogP contribution in [0.25, 0.3) is 10.9 Å². The number of aromatic carboxylic acids is 1. The van der Waals surface area contributed by atoms with Crippen molar-refractivity contribution in [1.29, 1.82) is 0 Å². The van der Waals surface area contributed by atoms with Gasteiger partial charge in [0.05, 0.1) is 6.61 Å². The summed E-state index contributed by atoms with van der Waals surface area (Å²) in [6.07, 6.45) is 0. The SMILES string of the molecule is Cc1c(C(=O)O)n(CCO)c2ccc(C(C)C)cc12. The Bertz CT molecular complexity index is 626. The van der Waals surface area contributed by atoms with Crippen molar-refractivity contribution in [1.82, 2.24) is 4.57 Å². The zero-order chi connectivity index (χ0) is 14.2. The Hall–Kier alpha value is -1.81. The smallest absolute Gasteiger partial charge is 0.352 e. The van der Waals surface area contributed by atoms with Crippen LogP contribution in [0, 0.1) is 6.92 Å². The molecule has 2 rings (SSSR count). The van der Waals surface area contributed by atoms with Crippen molar-refractivity contribution in [2.75, 3.05) is 6.61 Å². The van der Waals surface area contributed by atoms with Gasteiger partial charge in [-0.1, -0.05) is 19.9 Å². The van der Waals surface area contributed by atoms with Gasteiger partial charge in [-0.2, -0.15) is 0 Å². The molecule has 1 heterocycles. The summed E-state index contributed by atoms with van der Waals surface area (Å²) < 4.78 is 1.68. The van der Waals surface area contributed by atoms with Crippen LogP contribution in [0.2, 0.25) is 0 Å². The number of hydrogen-bond acceptors (Lipinski definition) is 2. The van der Waals surface area contributed by atoms with Gasteiger partial charge in [0.1, 0.15) is 5.69 Å². The van der Waals surface area contributed by atoms with Crippen LogP contribution < -0.4 is 0 Å². The van der Waals surface area contributed by atoms with Gasteiger partial charge in [0.2, 0.25) is 0 Å². The zero-order valence-corrected chi connectivity index (χ0v) is 11.5. The molecule has 0 saturated heterocycles. The second-order valence-corrected chi connectivity index (χ2v) is 5.09. The van der Waals surface area contributed by atoms with E-state index in [1.807, 2.05) is 19.1 Å². The van der Waals surface area contributed by atoms with Crippen LogP contribution in [0.4, 0.5) is 0 Å². The number of aryl methyl sites for hydroxylation is 1. The molecule has 1 aromatic carbocycles. The fourth-order valence-electron chi connectivity index (χ4n) is 2.51. The van der Waals surface area contributed by atoms with E-state index in [1.165, 1.54) is 5.56 Å². The number of aromatic nitrogens is 1. The predicted octanol–water partition coefficient (Wildman–Crippen LogP) is 2.76. The van der Waals surface area contributed by atoms with Gasteiger partial charge in [0.15, 0.2) is 0 Å². The summed E-state index contributed by atoms with van der Waals surface area (Å²) in [4.78, 5) is 11.4. The van der Waals surface area contributed by atoms with E-state index < -0.39 is 5.97 Å². The molecule has 4 nitrogen and oxygen atoms in total. The zero-order valence-electron chi connectivity index (χ0n) is 11.5. The number of aliphatic hydroxyl groups excluding tert-OH is 1. The van der Waals surface area contributed by atoms with Crippen molar-refractivity contribution < 1.29 is 15.0 Å². The number of aliphatic hydroxyl groups is 1. The molecule has 0 fully saturated rings. The fourth-order valence-corrected chi connectivity index (χ4v) is 2.51. The Morgan fingerprint density at radius 1 is 1.37 bits per heavy atom. The molecular formula is C15H19NO3. The van der Waals surface area contributed by atoms with E-state index in [0.29, 0.717) is 12.5 Å². The first-order valence-corrected chi connectivity index (χ1v) is 6.44. The number of carboxylic acid groups (broad SMARTS) is 1. The Morgan fingerprint density at radius 3 is 2.58 bits per heavy atom. The number of fused-ring (bicyclic) bond motifs is 1. The third kappa shape index (κ3) is 2.24. The number of nitrogens with zero attached hydrogens (tertiary/aromatic N) is 1. The molecule has 0 saturated carbocycles. The summed E-state index contributed by atoms with van der Waals surface area (Å²) in [6, 6.07) is 6.02. The molecule has 0 spiro atoms. The largest absolute Gasteiger partial charge is 0.477 e. The quantitative estimate of drug-likeness (QED) is 0.889. The maximum absolute atomic E-state index is 11.4. The molecule has 1 aromatic heterocycles. The number of rotatable bonds is 4. The molecule has 102 valence electrons. The van der Waals surface area contributed by atoms with E-state index in [2.05, 4.69) is 19.9 Å². The van der Waals surface area contributed by atoms with Gasteiger partial charge in [0.25, 0.3) is 0 Å². The third-order valence-electron chi connectivity index (χ3n) is 3.53. The van der Waals surface area contributed by atoms with Crippen molar-refractivity contribution >= 4 is 16.9 Å². The summed E-state index contributed by atoms with van der Waals surface area (Å²) in [5.74, 6) is -0.550. The highest BCUT2D eigenvalue weighted by Crippen LogP contribution is 2.29. The molecule has 2 aromatic rings. The van der Waals surface area contributed by atoms with Crippen molar-refractivity contribution in [3.05, 3.63) is 35.0 Å². The summed E-state index contributed by atoms with van der Waals surface area (Å²) in [5.41, 5.74) is 3.09. The minimum Gasteiger partial charge on any atom is -0.477 e. The molecule has 0 atom stereocenters. The summed E-state index contributed by atoms with van der Waals surface area (Å²) >= 11 is 0. The first kappa shape index (κ1) is 13.6. The number of benzene rings is 1. The van der Waals surface area contributed by atoms with E-state index in [4.69, 9.17) is 5.11 Å². The molecule has 0 aliphatic heterocycles. The van der Waals surface area contributed by atoms with Crippen molar-refractivity contribution in [2.45, 2.75) is 33.2 Å². The lowest BCUT2D eigenvalue weighted by atomic mass is 10.0. The molecule has 0 radical (unpaired) electrons. The molecule has 4 heteroatoms. The van der Waals surface area contributed by atoms with E-state index in [1.54, 1.807) is 4.57 Å². The second-order valence-electron chi connectivity index (χ2n) is 5.09. The maximum atomic E-state index is 11.4. The van der Waals surface area contributed by atoms with E-state index >= 15 is 0 Å². The summed E-state index contributed by atoms with van der Waals surface area (Å²) in [5, 5.41) is 19.4. The molecular weight excluding hydrogens is 242 g/mol. The highest BCUT2D eigenvalue weighted by molar-refractivity contribution is 5.98. The van der Waals surface area contributed by atoms with Gasteiger partial charge in [-0.15, -0.1) is 0 Å².